The Morgan fingerprint density at radius 3 is 2.27 bits per heavy atom. The van der Waals surface area contributed by atoms with Gasteiger partial charge in [0.15, 0.2) is 0 Å². The molecular weight excluding hydrogens is 548 g/mol. The Morgan fingerprint density at radius 1 is 0.795 bits per heavy atom. The van der Waals surface area contributed by atoms with Gasteiger partial charge in [0.05, 0.1) is 6.10 Å². The second kappa shape index (κ2) is 10.4. The summed E-state index contributed by atoms with van der Waals surface area (Å²) in [5, 5.41) is 16.7. The van der Waals surface area contributed by atoms with Gasteiger partial charge in [-0.05, 0) is 121 Å². The van der Waals surface area contributed by atoms with Crippen molar-refractivity contribution in [3.63, 3.8) is 0 Å². The van der Waals surface area contributed by atoms with Crippen LogP contribution in [0.3, 0.4) is 0 Å². The molecule has 7 unspecified atom stereocenters. The third-order valence-corrected chi connectivity index (χ3v) is 15.7. The smallest absolute Gasteiger partial charge is 0.224 e. The highest BCUT2D eigenvalue weighted by Crippen LogP contribution is 2.66. The molecule has 0 aromatic rings. The molecule has 6 aliphatic carbocycles. The highest BCUT2D eigenvalue weighted by atomic mass is 16.3. The van der Waals surface area contributed by atoms with Crippen molar-refractivity contribution < 1.29 is 19.5 Å². The number of ketones is 1. The van der Waals surface area contributed by atoms with E-state index in [1.165, 1.54) is 31.4 Å². The van der Waals surface area contributed by atoms with Gasteiger partial charge in [0.1, 0.15) is 5.78 Å². The number of amides is 2. The zero-order valence-corrected chi connectivity index (χ0v) is 28.2. The number of piperidine rings is 2. The SMILES string of the molecule is C[C@H]1C=C2NC(=O)CC[C@]2(C)C2CC[C@]3(C)CC(=O)CC3C21.C[C@H]1CC2NC(=O)CC[C@]2(C)C2CC[C@]3(C)C[C@@H](O)CC3C21. The van der Waals surface area contributed by atoms with E-state index >= 15 is 0 Å². The van der Waals surface area contributed by atoms with Crippen LogP contribution in [0.2, 0.25) is 0 Å². The predicted octanol–water partition coefficient (Wildman–Crippen LogP) is 6.56. The van der Waals surface area contributed by atoms with E-state index in [2.05, 4.69) is 58.3 Å². The highest BCUT2D eigenvalue weighted by molar-refractivity contribution is 5.82. The van der Waals surface area contributed by atoms with Crippen LogP contribution in [0.5, 0.6) is 0 Å². The summed E-state index contributed by atoms with van der Waals surface area (Å²) in [5.74, 6) is 5.94. The number of Topliss-reactive ketones (excluding diaryl/α,β-unsaturated/α-hetero) is 1. The first-order chi connectivity index (χ1) is 20.7. The lowest BCUT2D eigenvalue weighted by atomic mass is 9.45. The number of fused-ring (bicyclic) bond motifs is 10. The molecule has 44 heavy (non-hydrogen) atoms. The van der Waals surface area contributed by atoms with Crippen LogP contribution < -0.4 is 10.6 Å². The maximum atomic E-state index is 12.1. The topological polar surface area (TPSA) is 95.5 Å². The van der Waals surface area contributed by atoms with Crippen LogP contribution in [0.25, 0.3) is 0 Å². The molecule has 2 saturated heterocycles. The Kier molecular flexibility index (Phi) is 7.32. The lowest BCUT2D eigenvalue weighted by Crippen LogP contribution is -2.62. The van der Waals surface area contributed by atoms with Crippen molar-refractivity contribution in [2.45, 2.75) is 137 Å². The van der Waals surface area contributed by atoms with E-state index in [1.807, 2.05) is 0 Å². The van der Waals surface area contributed by atoms with Crippen molar-refractivity contribution in [3.05, 3.63) is 11.8 Å². The molecule has 0 radical (unpaired) electrons. The molecule has 8 aliphatic rings. The van der Waals surface area contributed by atoms with Crippen molar-refractivity contribution in [2.75, 3.05) is 0 Å². The number of hydrogen-bond donors (Lipinski definition) is 3. The summed E-state index contributed by atoms with van der Waals surface area (Å²) in [6, 6.07) is 0.376. The van der Waals surface area contributed by atoms with E-state index in [0.29, 0.717) is 65.6 Å². The quantitative estimate of drug-likeness (QED) is 0.291. The zero-order valence-electron chi connectivity index (χ0n) is 28.2. The molecule has 244 valence electrons. The average Bonchev–Trinajstić information content (AvgIpc) is 3.43. The summed E-state index contributed by atoms with van der Waals surface area (Å²) >= 11 is 0. The number of carbonyl (C=O) groups excluding carboxylic acids is 3. The van der Waals surface area contributed by atoms with Crippen molar-refractivity contribution in [1.29, 1.82) is 0 Å². The molecule has 2 amide bonds. The lowest BCUT2D eigenvalue weighted by molar-refractivity contribution is -0.141. The fraction of sp³-hybridized carbons (Fsp3) is 0.868. The molecule has 8 rings (SSSR count). The Balaban J connectivity index is 0.000000142. The van der Waals surface area contributed by atoms with Gasteiger partial charge >= 0.3 is 0 Å². The van der Waals surface area contributed by atoms with Crippen LogP contribution in [0.4, 0.5) is 0 Å². The second-order valence-corrected chi connectivity index (χ2v) is 18.2. The lowest BCUT2D eigenvalue weighted by Gasteiger charge is -2.61. The van der Waals surface area contributed by atoms with E-state index in [1.54, 1.807) is 0 Å². The first-order valence-corrected chi connectivity index (χ1v) is 18.2. The molecular formula is C38H58N2O4. The van der Waals surface area contributed by atoms with Crippen LogP contribution in [-0.2, 0) is 14.4 Å². The normalized spacial score (nSPS) is 54.1. The van der Waals surface area contributed by atoms with Crippen molar-refractivity contribution >= 4 is 17.6 Å². The number of aliphatic hydroxyl groups excluding tert-OH is 1. The number of hydrogen-bond acceptors (Lipinski definition) is 4. The number of rotatable bonds is 0. The third-order valence-electron chi connectivity index (χ3n) is 15.7. The van der Waals surface area contributed by atoms with E-state index in [0.717, 1.165) is 56.8 Å². The molecule has 0 aromatic heterocycles. The van der Waals surface area contributed by atoms with Gasteiger partial charge < -0.3 is 15.7 Å². The van der Waals surface area contributed by atoms with Crippen LogP contribution >= 0.6 is 0 Å². The minimum atomic E-state index is -0.0856. The van der Waals surface area contributed by atoms with Crippen molar-refractivity contribution in [2.24, 2.45) is 69.0 Å². The summed E-state index contributed by atoms with van der Waals surface area (Å²) in [7, 11) is 0. The monoisotopic (exact) mass is 606 g/mol. The highest BCUT2D eigenvalue weighted by Gasteiger charge is 2.62. The molecule has 2 heterocycles. The molecule has 3 N–H and O–H groups in total. The maximum Gasteiger partial charge on any atom is 0.224 e. The largest absolute Gasteiger partial charge is 0.393 e. The predicted molar refractivity (Wildman–Crippen MR) is 171 cm³/mol. The summed E-state index contributed by atoms with van der Waals surface area (Å²) in [6.45, 7) is 14.2. The van der Waals surface area contributed by atoms with Gasteiger partial charge in [0, 0.05) is 42.8 Å². The van der Waals surface area contributed by atoms with Gasteiger partial charge in [-0.1, -0.05) is 47.6 Å². The van der Waals surface area contributed by atoms with E-state index < -0.39 is 0 Å². The Morgan fingerprint density at radius 2 is 1.50 bits per heavy atom. The third kappa shape index (κ3) is 4.60. The molecule has 5 saturated carbocycles. The second-order valence-electron chi connectivity index (χ2n) is 18.2. The Hall–Kier alpha value is -1.69. The van der Waals surface area contributed by atoms with E-state index in [9.17, 15) is 19.5 Å². The van der Waals surface area contributed by atoms with Crippen LogP contribution in [0.15, 0.2) is 11.8 Å². The Bertz CT molecular complexity index is 1260. The van der Waals surface area contributed by atoms with Gasteiger partial charge in [-0.15, -0.1) is 0 Å². The minimum absolute atomic E-state index is 0.0856. The van der Waals surface area contributed by atoms with Crippen molar-refractivity contribution in [1.82, 2.24) is 10.6 Å². The van der Waals surface area contributed by atoms with Gasteiger partial charge in [-0.25, -0.2) is 0 Å². The van der Waals surface area contributed by atoms with E-state index in [4.69, 9.17) is 0 Å². The number of carbonyl (C=O) groups is 3. The maximum absolute atomic E-state index is 12.1. The van der Waals surface area contributed by atoms with Gasteiger partial charge in [0.25, 0.3) is 0 Å². The standard InChI is InChI=1S/C19H31NO2.C19H27NO2/c2*1-11-8-15-19(3,7-5-16(22)20-15)13-4-6-18(2)10-12(21)9-14(18)17(11)13/h11-15,17,21H,4-10H2,1-3H3,(H,20,22);8,11,13-14,17H,4-7,9-10H2,1-3H3,(H,20,22)/t11-,12-,13?,14?,15?,17?,18+,19+;11-,13?,14?,17?,18+,19+/m00/s1. The van der Waals surface area contributed by atoms with Crippen LogP contribution in [0, 0.1) is 69.0 Å². The van der Waals surface area contributed by atoms with Gasteiger partial charge in [-0.3, -0.25) is 14.4 Å². The molecule has 2 aliphatic heterocycles. The minimum Gasteiger partial charge on any atom is -0.393 e. The fourth-order valence-electron chi connectivity index (χ4n) is 13.4. The van der Waals surface area contributed by atoms with E-state index in [-0.39, 0.29) is 34.2 Å². The molecule has 0 spiro atoms. The number of nitrogens with one attached hydrogen (secondary N) is 2. The number of allylic oxidation sites excluding steroid dienone is 2. The summed E-state index contributed by atoms with van der Waals surface area (Å²) in [4.78, 5) is 35.8. The van der Waals surface area contributed by atoms with Gasteiger partial charge in [0.2, 0.25) is 11.8 Å². The summed E-state index contributed by atoms with van der Waals surface area (Å²) in [6.07, 6.45) is 15.3. The fourth-order valence-corrected chi connectivity index (χ4v) is 13.4. The van der Waals surface area contributed by atoms with Gasteiger partial charge in [-0.2, -0.15) is 0 Å². The van der Waals surface area contributed by atoms with Crippen molar-refractivity contribution in [3.8, 4) is 0 Å². The summed E-state index contributed by atoms with van der Waals surface area (Å²) in [5.41, 5.74) is 2.14. The van der Waals surface area contributed by atoms with Crippen LogP contribution in [-0.4, -0.2) is 34.8 Å². The molecule has 7 fully saturated rings. The first-order valence-electron chi connectivity index (χ1n) is 18.2. The van der Waals surface area contributed by atoms with Crippen LogP contribution in [0.1, 0.15) is 125 Å². The molecule has 6 heteroatoms. The summed E-state index contributed by atoms with van der Waals surface area (Å²) < 4.78 is 0. The Labute approximate surface area is 265 Å². The molecule has 0 bridgehead atoms. The molecule has 0 aromatic carbocycles. The number of aliphatic hydroxyl groups is 1. The zero-order chi connectivity index (χ0) is 31.4. The average molecular weight is 607 g/mol. The molecule has 14 atom stereocenters. The first kappa shape index (κ1) is 30.9. The molecule has 6 nitrogen and oxygen atoms in total.